The molecule has 0 aliphatic heterocycles. The Morgan fingerprint density at radius 3 is 2.15 bits per heavy atom. The molecule has 2 unspecified atom stereocenters. The predicted molar refractivity (Wildman–Crippen MR) is 94.1 cm³/mol. The Morgan fingerprint density at radius 1 is 0.850 bits per heavy atom. The van der Waals surface area contributed by atoms with Crippen molar-refractivity contribution in [1.82, 2.24) is 0 Å². The summed E-state index contributed by atoms with van der Waals surface area (Å²) >= 11 is 0. The average Bonchev–Trinajstić information content (AvgIpc) is 2.33. The van der Waals surface area contributed by atoms with Crippen LogP contribution in [-0.2, 0) is 0 Å². The molecule has 0 radical (unpaired) electrons. The van der Waals surface area contributed by atoms with Gasteiger partial charge >= 0.3 is 0 Å². The van der Waals surface area contributed by atoms with E-state index in [4.69, 9.17) is 0 Å². The molecule has 0 aromatic carbocycles. The summed E-state index contributed by atoms with van der Waals surface area (Å²) in [6.45, 7) is 13.8. The Kier molecular flexibility index (Phi) is 11.9. The van der Waals surface area contributed by atoms with Gasteiger partial charge in [0, 0.05) is 0 Å². The molecule has 0 saturated carbocycles. The lowest BCUT2D eigenvalue weighted by Gasteiger charge is -2.11. The van der Waals surface area contributed by atoms with E-state index in [1.807, 2.05) is 0 Å². The maximum Gasteiger partial charge on any atom is -0.0259 e. The van der Waals surface area contributed by atoms with E-state index in [0.717, 1.165) is 17.8 Å². The normalized spacial score (nSPS) is 14.8. The standard InChI is InChI=1S/C20H38/c1-17(2)11-9-15-19(5)13-7-8-14-20(6)16-10-12-18(3)4/h7,11,13,18-20H,8-10,12,14-16H2,1-6H3/b13-7+. The lowest BCUT2D eigenvalue weighted by molar-refractivity contribution is 0.439. The van der Waals surface area contributed by atoms with Crippen molar-refractivity contribution >= 4 is 0 Å². The smallest absolute Gasteiger partial charge is 0.0259 e. The van der Waals surface area contributed by atoms with Crippen molar-refractivity contribution in [3.63, 3.8) is 0 Å². The summed E-state index contributed by atoms with van der Waals surface area (Å²) in [7, 11) is 0. The minimum absolute atomic E-state index is 0.724. The van der Waals surface area contributed by atoms with E-state index in [9.17, 15) is 0 Å². The maximum atomic E-state index is 2.42. The molecule has 0 spiro atoms. The first-order valence-electron chi connectivity index (χ1n) is 8.71. The van der Waals surface area contributed by atoms with E-state index in [1.165, 1.54) is 50.5 Å². The lowest BCUT2D eigenvalue weighted by atomic mass is 9.95. The lowest BCUT2D eigenvalue weighted by Crippen LogP contribution is -1.96. The van der Waals surface area contributed by atoms with Crippen LogP contribution in [0.5, 0.6) is 0 Å². The Labute approximate surface area is 128 Å². The second kappa shape index (κ2) is 12.2. The number of hydrogen-bond donors (Lipinski definition) is 0. The van der Waals surface area contributed by atoms with E-state index in [-0.39, 0.29) is 0 Å². The number of hydrogen-bond acceptors (Lipinski definition) is 0. The van der Waals surface area contributed by atoms with Crippen LogP contribution in [0.1, 0.15) is 86.5 Å². The fraction of sp³-hybridized carbons (Fsp3) is 0.800. The van der Waals surface area contributed by atoms with Gasteiger partial charge in [0.1, 0.15) is 0 Å². The van der Waals surface area contributed by atoms with E-state index in [1.54, 1.807) is 0 Å². The number of rotatable bonds is 11. The third kappa shape index (κ3) is 13.9. The molecular weight excluding hydrogens is 240 g/mol. The minimum Gasteiger partial charge on any atom is -0.0883 e. The molecule has 118 valence electrons. The van der Waals surface area contributed by atoms with Crippen LogP contribution >= 0.6 is 0 Å². The minimum atomic E-state index is 0.724. The largest absolute Gasteiger partial charge is 0.0883 e. The summed E-state index contributed by atoms with van der Waals surface area (Å²) in [5.74, 6) is 2.48. The fourth-order valence-corrected chi connectivity index (χ4v) is 2.46. The average molecular weight is 279 g/mol. The van der Waals surface area contributed by atoms with E-state index >= 15 is 0 Å². The molecule has 0 heterocycles. The zero-order chi connectivity index (χ0) is 15.4. The van der Waals surface area contributed by atoms with Crippen LogP contribution in [0.15, 0.2) is 23.8 Å². The van der Waals surface area contributed by atoms with Crippen molar-refractivity contribution in [2.75, 3.05) is 0 Å². The molecule has 0 aliphatic rings. The summed E-state index contributed by atoms with van der Waals surface area (Å²) in [6.07, 6.45) is 16.5. The molecule has 0 aromatic rings. The summed E-state index contributed by atoms with van der Waals surface area (Å²) in [6, 6.07) is 0. The van der Waals surface area contributed by atoms with Gasteiger partial charge in [-0.3, -0.25) is 0 Å². The van der Waals surface area contributed by atoms with Gasteiger partial charge < -0.3 is 0 Å². The van der Waals surface area contributed by atoms with Crippen LogP contribution in [0.2, 0.25) is 0 Å². The van der Waals surface area contributed by atoms with Crippen molar-refractivity contribution in [2.45, 2.75) is 86.5 Å². The van der Waals surface area contributed by atoms with Crippen LogP contribution in [0.4, 0.5) is 0 Å². The monoisotopic (exact) mass is 278 g/mol. The van der Waals surface area contributed by atoms with Gasteiger partial charge in [-0.25, -0.2) is 0 Å². The Hall–Kier alpha value is -0.520. The van der Waals surface area contributed by atoms with E-state index < -0.39 is 0 Å². The first kappa shape index (κ1) is 19.5. The third-order valence-corrected chi connectivity index (χ3v) is 3.94. The quantitative estimate of drug-likeness (QED) is 0.351. The number of allylic oxidation sites excluding steroid dienone is 4. The molecule has 2 atom stereocenters. The highest BCUT2D eigenvalue weighted by Crippen LogP contribution is 2.17. The molecule has 20 heavy (non-hydrogen) atoms. The van der Waals surface area contributed by atoms with Crippen molar-refractivity contribution in [2.24, 2.45) is 17.8 Å². The Balaban J connectivity index is 3.61. The first-order valence-corrected chi connectivity index (χ1v) is 8.71. The fourth-order valence-electron chi connectivity index (χ4n) is 2.46. The van der Waals surface area contributed by atoms with Crippen LogP contribution in [-0.4, -0.2) is 0 Å². The molecule has 0 amide bonds. The first-order chi connectivity index (χ1) is 9.41. The molecular formula is C20H38. The highest BCUT2D eigenvalue weighted by molar-refractivity contribution is 4.94. The van der Waals surface area contributed by atoms with Gasteiger partial charge in [0.15, 0.2) is 0 Å². The SMILES string of the molecule is CC(C)=CCCC(C)/C=C/CCC(C)CCCC(C)C. The molecule has 0 saturated heterocycles. The molecule has 0 nitrogen and oxygen atoms in total. The predicted octanol–water partition coefficient (Wildman–Crippen LogP) is 7.17. The van der Waals surface area contributed by atoms with Crippen molar-refractivity contribution in [3.05, 3.63) is 23.8 Å². The van der Waals surface area contributed by atoms with Gasteiger partial charge in [0.2, 0.25) is 0 Å². The molecule has 0 N–H and O–H groups in total. The van der Waals surface area contributed by atoms with Gasteiger partial charge in [-0.1, -0.05) is 70.8 Å². The van der Waals surface area contributed by atoms with Gasteiger partial charge in [-0.05, 0) is 57.3 Å². The van der Waals surface area contributed by atoms with Crippen LogP contribution in [0, 0.1) is 17.8 Å². The Morgan fingerprint density at radius 2 is 1.55 bits per heavy atom. The van der Waals surface area contributed by atoms with Gasteiger partial charge in [0.25, 0.3) is 0 Å². The highest BCUT2D eigenvalue weighted by Gasteiger charge is 2.02. The Bertz CT molecular complexity index is 266. The summed E-state index contributed by atoms with van der Waals surface area (Å²) in [5, 5.41) is 0. The summed E-state index contributed by atoms with van der Waals surface area (Å²) in [5.41, 5.74) is 1.44. The molecule has 0 bridgehead atoms. The molecule has 0 aromatic heterocycles. The zero-order valence-corrected chi connectivity index (χ0v) is 14.9. The van der Waals surface area contributed by atoms with Crippen molar-refractivity contribution < 1.29 is 0 Å². The summed E-state index contributed by atoms with van der Waals surface area (Å²) in [4.78, 5) is 0. The summed E-state index contributed by atoms with van der Waals surface area (Å²) < 4.78 is 0. The van der Waals surface area contributed by atoms with E-state index in [0.29, 0.717) is 0 Å². The topological polar surface area (TPSA) is 0 Å². The third-order valence-electron chi connectivity index (χ3n) is 3.94. The molecule has 0 heteroatoms. The molecule has 0 rings (SSSR count). The highest BCUT2D eigenvalue weighted by atomic mass is 14.1. The second-order valence-electron chi connectivity index (χ2n) is 7.27. The zero-order valence-electron chi connectivity index (χ0n) is 14.9. The van der Waals surface area contributed by atoms with Gasteiger partial charge in [-0.15, -0.1) is 0 Å². The van der Waals surface area contributed by atoms with Gasteiger partial charge in [-0.2, -0.15) is 0 Å². The van der Waals surface area contributed by atoms with E-state index in [2.05, 4.69) is 59.8 Å². The van der Waals surface area contributed by atoms with Crippen LogP contribution < -0.4 is 0 Å². The molecule has 0 fully saturated rings. The molecule has 0 aliphatic carbocycles. The van der Waals surface area contributed by atoms with Gasteiger partial charge in [0.05, 0.1) is 0 Å². The maximum absolute atomic E-state index is 2.42. The van der Waals surface area contributed by atoms with Crippen LogP contribution in [0.25, 0.3) is 0 Å². The van der Waals surface area contributed by atoms with Crippen molar-refractivity contribution in [1.29, 1.82) is 0 Å². The van der Waals surface area contributed by atoms with Crippen molar-refractivity contribution in [3.8, 4) is 0 Å². The second-order valence-corrected chi connectivity index (χ2v) is 7.27. The van der Waals surface area contributed by atoms with Crippen LogP contribution in [0.3, 0.4) is 0 Å².